The first-order chi connectivity index (χ1) is 8.61. The van der Waals surface area contributed by atoms with Gasteiger partial charge in [-0.1, -0.05) is 11.3 Å². The Morgan fingerprint density at radius 3 is 2.65 bits per heavy atom. The van der Waals surface area contributed by atoms with Crippen LogP contribution in [0, 0.1) is 13.8 Å². The van der Waals surface area contributed by atoms with E-state index in [0.29, 0.717) is 24.4 Å². The third-order valence-corrected chi connectivity index (χ3v) is 3.93. The molecule has 0 amide bonds. The van der Waals surface area contributed by atoms with Crippen LogP contribution in [0.15, 0.2) is 11.7 Å². The summed E-state index contributed by atoms with van der Waals surface area (Å²) < 4.78 is 1.99. The number of nitrogens with zero attached hydrogens (tertiary/aromatic N) is 3. The number of rotatable bonds is 4. The monoisotopic (exact) mass is 425 g/mol. The topological polar surface area (TPSA) is 73.0 Å². The van der Waals surface area contributed by atoms with E-state index in [0.717, 1.165) is 10.6 Å². The van der Waals surface area contributed by atoms with Gasteiger partial charge in [-0.25, -0.2) is 9.97 Å². The maximum Gasteiger partial charge on any atom is 0.225 e. The summed E-state index contributed by atoms with van der Waals surface area (Å²) in [6.07, 6.45) is 2.23. The van der Waals surface area contributed by atoms with Crippen LogP contribution in [0.5, 0.6) is 5.88 Å². The van der Waals surface area contributed by atoms with Crippen LogP contribution in [0.3, 0.4) is 0 Å². The first-order valence-electron chi connectivity index (χ1n) is 5.68. The van der Waals surface area contributed by atoms with E-state index in [2.05, 4.69) is 9.97 Å². The van der Waals surface area contributed by atoms with Gasteiger partial charge in [0.15, 0.2) is 12.2 Å². The smallest absolute Gasteiger partial charge is 0.225 e. The highest BCUT2D eigenvalue weighted by atomic mass is 79.9. The van der Waals surface area contributed by atoms with Crippen molar-refractivity contribution >= 4 is 45.3 Å². The van der Waals surface area contributed by atoms with Gasteiger partial charge < -0.3 is 10.2 Å². The van der Waals surface area contributed by atoms with E-state index in [1.54, 1.807) is 24.5 Å². The number of aryl methyl sites for hydroxylation is 1. The number of aromatic nitrogens is 3. The molecule has 0 aliphatic carbocycles. The fourth-order valence-electron chi connectivity index (χ4n) is 1.72. The highest BCUT2D eigenvalue weighted by Gasteiger charge is 2.15. The Balaban J connectivity index is 0.00000180. The summed E-state index contributed by atoms with van der Waals surface area (Å²) in [6.45, 7) is 4.31. The zero-order valence-corrected chi connectivity index (χ0v) is 15.4. The van der Waals surface area contributed by atoms with E-state index < -0.39 is 0 Å². The van der Waals surface area contributed by atoms with Gasteiger partial charge in [-0.2, -0.15) is 4.57 Å². The zero-order chi connectivity index (χ0) is 13.1. The molecule has 0 bridgehead atoms. The second kappa shape index (κ2) is 8.66. The minimum absolute atomic E-state index is 0. The van der Waals surface area contributed by atoms with Gasteiger partial charge in [0, 0.05) is 37.6 Å². The summed E-state index contributed by atoms with van der Waals surface area (Å²) in [7, 11) is 0. The van der Waals surface area contributed by atoms with Crippen molar-refractivity contribution in [3.05, 3.63) is 33.7 Å². The first-order valence-corrected chi connectivity index (χ1v) is 6.56. The van der Waals surface area contributed by atoms with Crippen LogP contribution in [-0.2, 0) is 13.0 Å². The number of aliphatic hydroxyl groups excluding tert-OH is 1. The molecule has 0 unspecified atom stereocenters. The predicted molar refractivity (Wildman–Crippen MR) is 86.0 cm³/mol. The van der Waals surface area contributed by atoms with Gasteiger partial charge in [-0.15, -0.1) is 34.0 Å². The average Bonchev–Trinajstić information content (AvgIpc) is 2.66. The van der Waals surface area contributed by atoms with Crippen molar-refractivity contribution < 1.29 is 14.8 Å². The fraction of sp³-hybridized carbons (Fsp3) is 0.417. The molecular formula is C12H17Br2N3O2S. The molecule has 2 heterocycles. The van der Waals surface area contributed by atoms with E-state index in [4.69, 9.17) is 5.11 Å². The molecule has 112 valence electrons. The van der Waals surface area contributed by atoms with Crippen LogP contribution in [0.2, 0.25) is 0 Å². The lowest BCUT2D eigenvalue weighted by Gasteiger charge is -2.09. The third kappa shape index (κ3) is 4.47. The molecule has 5 nitrogen and oxygen atoms in total. The van der Waals surface area contributed by atoms with Crippen molar-refractivity contribution in [3.63, 3.8) is 0 Å². The molecule has 0 saturated heterocycles. The minimum atomic E-state index is -0.218. The van der Waals surface area contributed by atoms with E-state index >= 15 is 0 Å². The first kappa shape index (κ1) is 19.4. The Labute approximate surface area is 142 Å². The van der Waals surface area contributed by atoms with Gasteiger partial charge >= 0.3 is 0 Å². The van der Waals surface area contributed by atoms with Crippen LogP contribution in [0.1, 0.15) is 22.0 Å². The van der Waals surface area contributed by atoms with Gasteiger partial charge in [0.2, 0.25) is 5.51 Å². The molecule has 0 saturated carbocycles. The van der Waals surface area contributed by atoms with Crippen molar-refractivity contribution in [2.45, 2.75) is 26.8 Å². The summed E-state index contributed by atoms with van der Waals surface area (Å²) in [4.78, 5) is 9.01. The van der Waals surface area contributed by atoms with Crippen molar-refractivity contribution in [1.29, 1.82) is 0 Å². The van der Waals surface area contributed by atoms with Gasteiger partial charge in [-0.3, -0.25) is 0 Å². The quantitative estimate of drug-likeness (QED) is 0.746. The molecule has 2 rings (SSSR count). The number of halogens is 2. The normalized spacial score (nSPS) is 9.75. The second-order valence-electron chi connectivity index (χ2n) is 4.08. The van der Waals surface area contributed by atoms with Crippen molar-refractivity contribution in [1.82, 2.24) is 9.97 Å². The molecule has 0 spiro atoms. The standard InChI is InChI=1S/C12H15N3O2S.2BrH/c1-8-11(3-4-16)18-7-15(8)6-10-5-13-9(2)14-12(10)17;;/h5,7,16H,3-4,6H2,1-2H3;2*1H. The number of hydrogen-bond donors (Lipinski definition) is 1. The molecule has 0 atom stereocenters. The number of aliphatic hydroxyl groups is 1. The summed E-state index contributed by atoms with van der Waals surface area (Å²) in [5, 5.41) is 20.6. The van der Waals surface area contributed by atoms with Crippen molar-refractivity contribution in [2.75, 3.05) is 6.61 Å². The highest BCUT2D eigenvalue weighted by Crippen LogP contribution is 2.14. The lowest BCUT2D eigenvalue weighted by Crippen LogP contribution is -2.35. The Morgan fingerprint density at radius 1 is 1.35 bits per heavy atom. The Bertz CT molecular complexity index is 564. The molecule has 2 aromatic rings. The molecule has 2 aromatic heterocycles. The largest absolute Gasteiger partial charge is 0.858 e. The Kier molecular flexibility index (Phi) is 8.41. The minimum Gasteiger partial charge on any atom is -0.858 e. The third-order valence-electron chi connectivity index (χ3n) is 2.78. The second-order valence-corrected chi connectivity index (χ2v) is 5.02. The van der Waals surface area contributed by atoms with E-state index in [-0.39, 0.29) is 46.4 Å². The van der Waals surface area contributed by atoms with Crippen molar-refractivity contribution in [2.24, 2.45) is 0 Å². The summed E-state index contributed by atoms with van der Waals surface area (Å²) in [6, 6.07) is 0. The lowest BCUT2D eigenvalue weighted by molar-refractivity contribution is -0.690. The predicted octanol–water partition coefficient (Wildman–Crippen LogP) is 1.25. The van der Waals surface area contributed by atoms with E-state index in [1.807, 2.05) is 17.0 Å². The molecule has 0 radical (unpaired) electrons. The lowest BCUT2D eigenvalue weighted by atomic mass is 10.2. The Hall–Kier alpha value is -0.570. The summed E-state index contributed by atoms with van der Waals surface area (Å²) >= 11 is 1.59. The molecule has 20 heavy (non-hydrogen) atoms. The molecule has 8 heteroatoms. The van der Waals surface area contributed by atoms with Crippen molar-refractivity contribution in [3.8, 4) is 5.88 Å². The van der Waals surface area contributed by atoms with Gasteiger partial charge in [-0.05, 0) is 6.92 Å². The molecule has 0 aromatic carbocycles. The van der Waals surface area contributed by atoms with E-state index in [9.17, 15) is 5.11 Å². The number of hydrogen-bond acceptors (Lipinski definition) is 5. The van der Waals surface area contributed by atoms with Crippen LogP contribution in [0.4, 0.5) is 0 Å². The Morgan fingerprint density at radius 2 is 2.05 bits per heavy atom. The van der Waals surface area contributed by atoms with Crippen LogP contribution >= 0.6 is 45.3 Å². The summed E-state index contributed by atoms with van der Waals surface area (Å²) in [5.74, 6) is 0.279. The zero-order valence-electron chi connectivity index (χ0n) is 11.2. The summed E-state index contributed by atoms with van der Waals surface area (Å²) in [5.41, 5.74) is 3.62. The van der Waals surface area contributed by atoms with E-state index in [1.165, 1.54) is 0 Å². The van der Waals surface area contributed by atoms with Gasteiger partial charge in [0.1, 0.15) is 5.82 Å². The van der Waals surface area contributed by atoms with Gasteiger partial charge in [0.05, 0.1) is 4.88 Å². The van der Waals surface area contributed by atoms with Crippen LogP contribution < -0.4 is 9.67 Å². The maximum atomic E-state index is 11.7. The average molecular weight is 427 g/mol. The molecular weight excluding hydrogens is 410 g/mol. The fourth-order valence-corrected chi connectivity index (χ4v) is 2.70. The molecule has 1 N–H and O–H groups in total. The molecule has 0 aliphatic rings. The van der Waals surface area contributed by atoms with Gasteiger partial charge in [0.25, 0.3) is 0 Å². The molecule has 0 fully saturated rings. The number of thiazole rings is 1. The highest BCUT2D eigenvalue weighted by molar-refractivity contribution is 8.93. The van der Waals surface area contributed by atoms with Crippen LogP contribution in [-0.4, -0.2) is 21.7 Å². The molecule has 0 aliphatic heterocycles. The maximum absolute atomic E-state index is 11.7. The SMILES string of the molecule is Br.Br.Cc1ncc(C[n+]2csc(CCO)c2C)c([O-])n1. The van der Waals surface area contributed by atoms with Crippen LogP contribution in [0.25, 0.3) is 0 Å².